The number of nitrogens with zero attached hydrogens (tertiary/aromatic N) is 1. The summed E-state index contributed by atoms with van der Waals surface area (Å²) >= 11 is 0. The molecule has 102 valence electrons. The van der Waals surface area contributed by atoms with Gasteiger partial charge in [0.05, 0.1) is 25.2 Å². The molecule has 2 atom stereocenters. The van der Waals surface area contributed by atoms with Gasteiger partial charge in [-0.1, -0.05) is 25.9 Å². The Kier molecular flexibility index (Phi) is 2.68. The first-order valence-electron chi connectivity index (χ1n) is 5.85. The summed E-state index contributed by atoms with van der Waals surface area (Å²) in [6, 6.07) is 0. The highest BCUT2D eigenvalue weighted by Crippen LogP contribution is 2.54. The Morgan fingerprint density at radius 3 is 2.61 bits per heavy atom. The van der Waals surface area contributed by atoms with Gasteiger partial charge in [0.1, 0.15) is 0 Å². The average molecular weight is 261 g/mol. The number of rotatable bonds is 1. The second kappa shape index (κ2) is 3.65. The number of hydrogen-bond donors (Lipinski definition) is 0. The Balaban J connectivity index is 2.40. The van der Waals surface area contributed by atoms with E-state index in [1.54, 1.807) is 0 Å². The minimum Gasteiger partial charge on any atom is -0.466 e. The molecule has 0 aromatic carbocycles. The summed E-state index contributed by atoms with van der Waals surface area (Å²) in [5, 5.41) is 3.88. The maximum Gasteiger partial charge on any atom is 0.354 e. The minimum absolute atomic E-state index is 0.416. The number of carbonyl (C=O) groups is 1. The van der Waals surface area contributed by atoms with E-state index in [1.165, 1.54) is 7.11 Å². The molecule has 0 aromatic rings. The number of alkyl halides is 2. The number of esters is 1. The zero-order valence-electron chi connectivity index (χ0n) is 10.9. The van der Waals surface area contributed by atoms with Crippen LogP contribution >= 0.6 is 0 Å². The molecule has 1 aliphatic heterocycles. The lowest BCUT2D eigenvalue weighted by Gasteiger charge is -2.26. The topological polar surface area (TPSA) is 47.9 Å². The first-order chi connectivity index (χ1) is 8.12. The highest BCUT2D eigenvalue weighted by atomic mass is 19.3. The molecule has 4 nitrogen and oxygen atoms in total. The van der Waals surface area contributed by atoms with Crippen LogP contribution in [0.1, 0.15) is 33.6 Å². The third-order valence-corrected chi connectivity index (χ3v) is 3.52. The first-order valence-corrected chi connectivity index (χ1v) is 5.85. The lowest BCUT2D eigenvalue weighted by atomic mass is 9.76. The van der Waals surface area contributed by atoms with Crippen LogP contribution in [-0.4, -0.2) is 30.3 Å². The molecule has 2 unspecified atom stereocenters. The normalized spacial score (nSPS) is 33.7. The third kappa shape index (κ3) is 1.78. The van der Waals surface area contributed by atoms with Gasteiger partial charge < -0.3 is 9.57 Å². The zero-order chi connectivity index (χ0) is 13.8. The molecular formula is C12H17F2NO3. The predicted octanol–water partition coefficient (Wildman–Crippen LogP) is 2.38. The van der Waals surface area contributed by atoms with Gasteiger partial charge >= 0.3 is 5.97 Å². The van der Waals surface area contributed by atoms with Crippen LogP contribution in [0.3, 0.4) is 0 Å². The molecule has 1 heterocycles. The van der Waals surface area contributed by atoms with Crippen molar-refractivity contribution in [3.8, 4) is 0 Å². The molecule has 0 N–H and O–H groups in total. The molecule has 2 rings (SSSR count). The van der Waals surface area contributed by atoms with Crippen LogP contribution in [0.2, 0.25) is 0 Å². The van der Waals surface area contributed by atoms with Crippen molar-refractivity contribution >= 4 is 11.7 Å². The molecule has 0 amide bonds. The van der Waals surface area contributed by atoms with E-state index >= 15 is 0 Å². The van der Waals surface area contributed by atoms with Crippen molar-refractivity contribution < 1.29 is 23.1 Å². The highest BCUT2D eigenvalue weighted by Gasteiger charge is 2.68. The van der Waals surface area contributed by atoms with Gasteiger partial charge in [-0.2, -0.15) is 0 Å². The van der Waals surface area contributed by atoms with Crippen LogP contribution < -0.4 is 0 Å². The second-order valence-electron chi connectivity index (χ2n) is 5.99. The summed E-state index contributed by atoms with van der Waals surface area (Å²) in [5.74, 6) is -4.40. The van der Waals surface area contributed by atoms with Gasteiger partial charge in [0.15, 0.2) is 0 Å². The van der Waals surface area contributed by atoms with Gasteiger partial charge in [0.2, 0.25) is 5.60 Å². The van der Waals surface area contributed by atoms with Gasteiger partial charge in [-0.05, 0) is 0 Å². The van der Waals surface area contributed by atoms with Gasteiger partial charge in [0, 0.05) is 11.8 Å². The summed E-state index contributed by atoms with van der Waals surface area (Å²) in [4.78, 5) is 16.9. The molecule has 6 heteroatoms. The fraction of sp³-hybridized carbons (Fsp3) is 0.833. The van der Waals surface area contributed by atoms with E-state index < -0.39 is 41.7 Å². The van der Waals surface area contributed by atoms with Crippen molar-refractivity contribution in [3.05, 3.63) is 0 Å². The highest BCUT2D eigenvalue weighted by molar-refractivity contribution is 5.99. The van der Waals surface area contributed by atoms with E-state index in [9.17, 15) is 13.6 Å². The maximum absolute atomic E-state index is 13.6. The number of methoxy groups -OCH3 is 1. The maximum atomic E-state index is 13.6. The van der Waals surface area contributed by atoms with Crippen molar-refractivity contribution in [2.75, 3.05) is 7.11 Å². The van der Waals surface area contributed by atoms with Crippen molar-refractivity contribution in [2.45, 2.75) is 45.1 Å². The van der Waals surface area contributed by atoms with Crippen LogP contribution in [0, 0.1) is 11.3 Å². The van der Waals surface area contributed by atoms with Crippen molar-refractivity contribution in [1.29, 1.82) is 0 Å². The number of oxime groups is 1. The molecule has 0 saturated heterocycles. The Labute approximate surface area is 104 Å². The summed E-state index contributed by atoms with van der Waals surface area (Å²) < 4.78 is 31.9. The number of carbonyl (C=O) groups excluding carboxylic acids is 1. The first kappa shape index (κ1) is 13.2. The minimum atomic E-state index is -2.93. The SMILES string of the molecule is COC(=O)C12CC(F)(F)CC1C(C(C)(C)C)=NO2. The number of ether oxygens (including phenoxy) is 1. The van der Waals surface area contributed by atoms with Gasteiger partial charge in [-0.3, -0.25) is 0 Å². The molecule has 0 aromatic heterocycles. The molecule has 2 aliphatic rings. The van der Waals surface area contributed by atoms with Gasteiger partial charge in [-0.25, -0.2) is 13.6 Å². The molecule has 1 saturated carbocycles. The largest absolute Gasteiger partial charge is 0.466 e. The number of hydrogen-bond acceptors (Lipinski definition) is 4. The third-order valence-electron chi connectivity index (χ3n) is 3.52. The molecule has 18 heavy (non-hydrogen) atoms. The summed E-state index contributed by atoms with van der Waals surface area (Å²) in [5.41, 5.74) is -1.55. The Morgan fingerprint density at radius 2 is 2.11 bits per heavy atom. The molecule has 1 aliphatic carbocycles. The fourth-order valence-corrected chi connectivity index (χ4v) is 2.73. The average Bonchev–Trinajstić information content (AvgIpc) is 2.66. The molecule has 1 fully saturated rings. The van der Waals surface area contributed by atoms with E-state index in [0.29, 0.717) is 5.71 Å². The van der Waals surface area contributed by atoms with E-state index in [-0.39, 0.29) is 0 Å². The van der Waals surface area contributed by atoms with E-state index in [1.807, 2.05) is 20.8 Å². The van der Waals surface area contributed by atoms with Crippen LogP contribution in [0.25, 0.3) is 0 Å². The lowest BCUT2D eigenvalue weighted by molar-refractivity contribution is -0.171. The van der Waals surface area contributed by atoms with E-state index in [4.69, 9.17) is 4.84 Å². The smallest absolute Gasteiger partial charge is 0.354 e. The Bertz CT molecular complexity index is 414. The predicted molar refractivity (Wildman–Crippen MR) is 60.4 cm³/mol. The lowest BCUT2D eigenvalue weighted by Crippen LogP contribution is -2.45. The Morgan fingerprint density at radius 1 is 1.50 bits per heavy atom. The number of fused-ring (bicyclic) bond motifs is 1. The van der Waals surface area contributed by atoms with Crippen LogP contribution in [0.4, 0.5) is 8.78 Å². The van der Waals surface area contributed by atoms with Crippen LogP contribution in [0.15, 0.2) is 5.16 Å². The monoisotopic (exact) mass is 261 g/mol. The standard InChI is InChI=1S/C12H17F2NO3/c1-10(2,3)8-7-5-11(13,14)6-12(7,18-15-8)9(16)17-4/h7H,5-6H2,1-4H3. The van der Waals surface area contributed by atoms with E-state index in [0.717, 1.165) is 0 Å². The van der Waals surface area contributed by atoms with Crippen LogP contribution in [0.5, 0.6) is 0 Å². The van der Waals surface area contributed by atoms with Crippen molar-refractivity contribution in [1.82, 2.24) is 0 Å². The van der Waals surface area contributed by atoms with Gasteiger partial charge in [-0.15, -0.1) is 0 Å². The molecule has 0 bridgehead atoms. The second-order valence-corrected chi connectivity index (χ2v) is 5.99. The Hall–Kier alpha value is -1.20. The van der Waals surface area contributed by atoms with Gasteiger partial charge in [0.25, 0.3) is 5.92 Å². The summed E-state index contributed by atoms with van der Waals surface area (Å²) in [7, 11) is 1.17. The van der Waals surface area contributed by atoms with Crippen LogP contribution in [-0.2, 0) is 14.4 Å². The molecule has 0 radical (unpaired) electrons. The van der Waals surface area contributed by atoms with Crippen molar-refractivity contribution in [3.63, 3.8) is 0 Å². The summed E-state index contributed by atoms with van der Waals surface area (Å²) in [6.07, 6.45) is -1.08. The molecular weight excluding hydrogens is 244 g/mol. The number of halogens is 2. The zero-order valence-corrected chi connectivity index (χ0v) is 10.9. The molecule has 0 spiro atoms. The van der Waals surface area contributed by atoms with Crippen molar-refractivity contribution in [2.24, 2.45) is 16.5 Å². The quantitative estimate of drug-likeness (QED) is 0.681. The fourth-order valence-electron chi connectivity index (χ4n) is 2.73. The summed E-state index contributed by atoms with van der Waals surface area (Å²) in [6.45, 7) is 5.58. The van der Waals surface area contributed by atoms with E-state index in [2.05, 4.69) is 9.89 Å².